The van der Waals surface area contributed by atoms with Crippen LogP contribution in [0.4, 0.5) is 10.7 Å². The van der Waals surface area contributed by atoms with Gasteiger partial charge in [0.25, 0.3) is 11.8 Å². The van der Waals surface area contributed by atoms with Gasteiger partial charge in [0, 0.05) is 16.1 Å². The zero-order chi connectivity index (χ0) is 26.5. The number of hydrogen-bond acceptors (Lipinski definition) is 6. The van der Waals surface area contributed by atoms with E-state index in [1.807, 2.05) is 31.2 Å². The van der Waals surface area contributed by atoms with E-state index in [0.29, 0.717) is 27.8 Å². The summed E-state index contributed by atoms with van der Waals surface area (Å²) in [7, 11) is 0. The number of carbonyl (C=O) groups excluding carboxylic acids is 3. The van der Waals surface area contributed by atoms with Gasteiger partial charge in [0.1, 0.15) is 10.8 Å². The summed E-state index contributed by atoms with van der Waals surface area (Å²) in [6.45, 7) is 7.84. The van der Waals surface area contributed by atoms with Crippen LogP contribution in [0.1, 0.15) is 63.9 Å². The van der Waals surface area contributed by atoms with E-state index in [1.165, 1.54) is 11.3 Å². The van der Waals surface area contributed by atoms with Crippen LogP contribution in [0.3, 0.4) is 0 Å². The van der Waals surface area contributed by atoms with Gasteiger partial charge in [-0.15, -0.1) is 11.3 Å². The molecule has 2 atom stereocenters. The molecule has 3 aromatic rings. The molecular weight excluding hydrogens is 488 g/mol. The molecule has 2 aromatic carbocycles. The van der Waals surface area contributed by atoms with Gasteiger partial charge in [-0.25, -0.2) is 4.79 Å². The molecule has 0 spiro atoms. The number of ether oxygens (including phenoxy) is 2. The average molecular weight is 521 g/mol. The number of carbonyl (C=O) groups is 3. The Balaban J connectivity index is 1.43. The van der Waals surface area contributed by atoms with E-state index in [-0.39, 0.29) is 18.4 Å². The number of anilines is 2. The van der Waals surface area contributed by atoms with Crippen molar-refractivity contribution in [3.05, 3.63) is 75.7 Å². The molecule has 1 heterocycles. The molecule has 7 nitrogen and oxygen atoms in total. The van der Waals surface area contributed by atoms with Crippen LogP contribution in [0, 0.1) is 12.8 Å². The Morgan fingerprint density at radius 1 is 1.08 bits per heavy atom. The zero-order valence-electron chi connectivity index (χ0n) is 21.6. The van der Waals surface area contributed by atoms with Crippen molar-refractivity contribution in [2.75, 3.05) is 17.2 Å². The highest BCUT2D eigenvalue weighted by molar-refractivity contribution is 7.17. The van der Waals surface area contributed by atoms with Gasteiger partial charge in [-0.05, 0) is 87.4 Å². The normalized spacial score (nSPS) is 15.3. The van der Waals surface area contributed by atoms with E-state index in [9.17, 15) is 14.4 Å². The van der Waals surface area contributed by atoms with E-state index < -0.39 is 12.1 Å². The minimum absolute atomic E-state index is 0.265. The van der Waals surface area contributed by atoms with E-state index in [1.54, 1.807) is 38.1 Å². The summed E-state index contributed by atoms with van der Waals surface area (Å²) in [4.78, 5) is 39.4. The van der Waals surface area contributed by atoms with Crippen molar-refractivity contribution in [2.45, 2.75) is 53.1 Å². The highest BCUT2D eigenvalue weighted by Gasteiger charge is 2.29. The van der Waals surface area contributed by atoms with Crippen LogP contribution < -0.4 is 15.4 Å². The number of aryl methyl sites for hydroxylation is 1. The number of fused-ring (bicyclic) bond motifs is 1. The average Bonchev–Trinajstić information content (AvgIpc) is 3.22. The van der Waals surface area contributed by atoms with E-state index >= 15 is 0 Å². The summed E-state index contributed by atoms with van der Waals surface area (Å²) in [5.41, 5.74) is 3.60. The van der Waals surface area contributed by atoms with E-state index in [0.717, 1.165) is 41.0 Å². The number of rotatable bonds is 8. The van der Waals surface area contributed by atoms with Gasteiger partial charge in [0.05, 0.1) is 12.2 Å². The minimum atomic E-state index is -0.730. The van der Waals surface area contributed by atoms with Crippen molar-refractivity contribution in [2.24, 2.45) is 5.92 Å². The predicted molar refractivity (Wildman–Crippen MR) is 146 cm³/mol. The van der Waals surface area contributed by atoms with Gasteiger partial charge in [-0.1, -0.05) is 25.1 Å². The molecule has 0 aliphatic heterocycles. The number of thiophene rings is 1. The van der Waals surface area contributed by atoms with Crippen LogP contribution in [0.2, 0.25) is 0 Å². The third-order valence-corrected chi connectivity index (χ3v) is 7.59. The fourth-order valence-corrected chi connectivity index (χ4v) is 5.72. The largest absolute Gasteiger partial charge is 0.481 e. The molecule has 0 saturated heterocycles. The molecule has 0 radical (unpaired) electrons. The molecule has 8 heteroatoms. The molecule has 4 rings (SSSR count). The first-order valence-corrected chi connectivity index (χ1v) is 13.3. The monoisotopic (exact) mass is 520 g/mol. The Bertz CT molecular complexity index is 1300. The quantitative estimate of drug-likeness (QED) is 0.355. The van der Waals surface area contributed by atoms with Crippen LogP contribution in [-0.2, 0) is 22.4 Å². The fourth-order valence-electron chi connectivity index (χ4n) is 4.32. The van der Waals surface area contributed by atoms with Crippen molar-refractivity contribution in [3.63, 3.8) is 0 Å². The van der Waals surface area contributed by atoms with Crippen LogP contribution in [0.15, 0.2) is 48.5 Å². The molecule has 2 N–H and O–H groups in total. The van der Waals surface area contributed by atoms with Crippen molar-refractivity contribution in [1.29, 1.82) is 0 Å². The molecule has 1 aliphatic carbocycles. The molecule has 0 fully saturated rings. The number of benzene rings is 2. The number of hydrogen-bond donors (Lipinski definition) is 2. The zero-order valence-corrected chi connectivity index (χ0v) is 22.4. The molecule has 37 heavy (non-hydrogen) atoms. The van der Waals surface area contributed by atoms with Crippen LogP contribution >= 0.6 is 11.3 Å². The Morgan fingerprint density at radius 2 is 1.81 bits per heavy atom. The standard InChI is InChI=1S/C29H32N2O5S/c1-5-35-29(34)25-22-15-10-17(2)16-24(22)37-28(25)31-27(33)20-11-13-21(14-12-20)36-19(4)26(32)30-23-9-7-6-8-18(23)3/h6-9,11-14,17,19H,5,10,15-16H2,1-4H3,(H,30,32)(H,31,33)/t17-,19-/m1/s1. The van der Waals surface area contributed by atoms with E-state index in [2.05, 4.69) is 17.6 Å². The second-order valence-corrected chi connectivity index (χ2v) is 10.4. The molecule has 0 bridgehead atoms. The second kappa shape index (κ2) is 11.6. The lowest BCUT2D eigenvalue weighted by Crippen LogP contribution is -2.30. The van der Waals surface area contributed by atoms with Gasteiger partial charge in [-0.2, -0.15) is 0 Å². The summed E-state index contributed by atoms with van der Waals surface area (Å²) in [5, 5.41) is 6.32. The van der Waals surface area contributed by atoms with Gasteiger partial charge in [0.2, 0.25) is 0 Å². The number of amides is 2. The van der Waals surface area contributed by atoms with Gasteiger partial charge in [0.15, 0.2) is 6.10 Å². The van der Waals surface area contributed by atoms with Crippen LogP contribution in [0.25, 0.3) is 0 Å². The van der Waals surface area contributed by atoms with Crippen LogP contribution in [0.5, 0.6) is 5.75 Å². The first-order valence-electron chi connectivity index (χ1n) is 12.5. The Labute approximate surface area is 221 Å². The Kier molecular flexibility index (Phi) is 8.28. The third-order valence-electron chi connectivity index (χ3n) is 6.42. The van der Waals surface area contributed by atoms with Gasteiger partial charge < -0.3 is 20.1 Å². The third kappa shape index (κ3) is 6.20. The summed E-state index contributed by atoms with van der Waals surface area (Å²) in [5.74, 6) is 0.0227. The SMILES string of the molecule is CCOC(=O)c1c(NC(=O)c2ccc(O[C@H](C)C(=O)Nc3ccccc3C)cc2)sc2c1CC[C@@H](C)C2. The maximum atomic E-state index is 13.0. The topological polar surface area (TPSA) is 93.7 Å². The highest BCUT2D eigenvalue weighted by Crippen LogP contribution is 2.40. The summed E-state index contributed by atoms with van der Waals surface area (Å²) >= 11 is 1.46. The summed E-state index contributed by atoms with van der Waals surface area (Å²) < 4.78 is 11.1. The molecule has 0 unspecified atom stereocenters. The lowest BCUT2D eigenvalue weighted by molar-refractivity contribution is -0.122. The molecule has 1 aromatic heterocycles. The van der Waals surface area contributed by atoms with Crippen molar-refractivity contribution in [3.8, 4) is 5.75 Å². The molecular formula is C29H32N2O5S. The lowest BCUT2D eigenvalue weighted by atomic mass is 9.88. The van der Waals surface area contributed by atoms with Crippen molar-refractivity contribution in [1.82, 2.24) is 0 Å². The van der Waals surface area contributed by atoms with E-state index in [4.69, 9.17) is 9.47 Å². The van der Waals surface area contributed by atoms with Gasteiger partial charge in [-0.3, -0.25) is 9.59 Å². The predicted octanol–water partition coefficient (Wildman–Crippen LogP) is 6.02. The summed E-state index contributed by atoms with van der Waals surface area (Å²) in [6.07, 6.45) is 1.97. The maximum absolute atomic E-state index is 13.0. The van der Waals surface area contributed by atoms with Crippen molar-refractivity contribution >= 4 is 39.8 Å². The second-order valence-electron chi connectivity index (χ2n) is 9.32. The number of para-hydroxylation sites is 1. The van der Waals surface area contributed by atoms with Crippen molar-refractivity contribution < 1.29 is 23.9 Å². The molecule has 2 amide bonds. The highest BCUT2D eigenvalue weighted by atomic mass is 32.1. The van der Waals surface area contributed by atoms with Gasteiger partial charge >= 0.3 is 5.97 Å². The first kappa shape index (κ1) is 26.4. The molecule has 1 aliphatic rings. The lowest BCUT2D eigenvalue weighted by Gasteiger charge is -2.18. The first-order chi connectivity index (χ1) is 17.8. The smallest absolute Gasteiger partial charge is 0.341 e. The maximum Gasteiger partial charge on any atom is 0.341 e. The van der Waals surface area contributed by atoms with Crippen LogP contribution in [-0.4, -0.2) is 30.5 Å². The minimum Gasteiger partial charge on any atom is -0.481 e. The number of esters is 1. The summed E-state index contributed by atoms with van der Waals surface area (Å²) in [6, 6.07) is 14.1. The fraction of sp³-hybridized carbons (Fsp3) is 0.345. The molecule has 194 valence electrons. The number of nitrogens with one attached hydrogen (secondary N) is 2. The molecule has 0 saturated carbocycles. The Hall–Kier alpha value is -3.65. The Morgan fingerprint density at radius 3 is 2.51 bits per heavy atom.